The van der Waals surface area contributed by atoms with Crippen LogP contribution in [0.5, 0.6) is 17.4 Å². The van der Waals surface area contributed by atoms with E-state index in [-0.39, 0.29) is 17.4 Å². The Kier molecular flexibility index (Phi) is 3.08. The molecule has 1 N–H and O–H groups in total. The van der Waals surface area contributed by atoms with Gasteiger partial charge in [-0.1, -0.05) is 0 Å². The van der Waals surface area contributed by atoms with Gasteiger partial charge in [-0.2, -0.15) is 4.74 Å². The van der Waals surface area contributed by atoms with Crippen molar-refractivity contribution in [2.45, 2.75) is 25.8 Å². The molecule has 1 aliphatic heterocycles. The summed E-state index contributed by atoms with van der Waals surface area (Å²) in [6.45, 7) is 0.608. The third-order valence-corrected chi connectivity index (χ3v) is 4.01. The van der Waals surface area contributed by atoms with Gasteiger partial charge in [-0.05, 0) is 25.3 Å². The van der Waals surface area contributed by atoms with E-state index < -0.39 is 0 Å². The fourth-order valence-electron chi connectivity index (χ4n) is 3.09. The number of nitrogens with zero attached hydrogens (tertiary/aromatic N) is 2. The summed E-state index contributed by atoms with van der Waals surface area (Å²) >= 11 is 0. The zero-order valence-electron chi connectivity index (χ0n) is 11.6. The fourth-order valence-corrected chi connectivity index (χ4v) is 3.09. The summed E-state index contributed by atoms with van der Waals surface area (Å²) in [6.07, 6.45) is 6.43. The Bertz CT molecular complexity index is 601. The average Bonchev–Trinajstić information content (AvgIpc) is 2.61. The van der Waals surface area contributed by atoms with E-state index in [1.54, 1.807) is 0 Å². The van der Waals surface area contributed by atoms with Gasteiger partial charge in [0.05, 0.1) is 20.1 Å². The van der Waals surface area contributed by atoms with Gasteiger partial charge in [0.15, 0.2) is 17.1 Å². The fraction of sp³-hybridized carbons (Fsp3) is 0.500. The lowest BCUT2D eigenvalue weighted by atomic mass is 9.92. The number of hydroxylamine groups is 1. The summed E-state index contributed by atoms with van der Waals surface area (Å²) in [5.74, 6) is 0.706. The van der Waals surface area contributed by atoms with Gasteiger partial charge in [0.2, 0.25) is 17.8 Å². The molecule has 0 bridgehead atoms. The van der Waals surface area contributed by atoms with Gasteiger partial charge < -0.3 is 24.4 Å². The zero-order valence-corrected chi connectivity index (χ0v) is 11.6. The molecule has 2 heterocycles. The minimum atomic E-state index is -0.0575. The average molecular weight is 278 g/mol. The van der Waals surface area contributed by atoms with Gasteiger partial charge in [0.1, 0.15) is 0 Å². The molecule has 6 nitrogen and oxygen atoms in total. The maximum Gasteiger partial charge on any atom is 0.241 e. The Hall–Kier alpha value is -2.11. The first-order valence-corrected chi connectivity index (χ1v) is 6.72. The third kappa shape index (κ3) is 1.75. The van der Waals surface area contributed by atoms with Crippen molar-refractivity contribution in [2.24, 2.45) is 5.92 Å². The Labute approximate surface area is 117 Å². The summed E-state index contributed by atoms with van der Waals surface area (Å²) in [5, 5.41) is 22.4. The molecule has 3 rings (SSSR count). The molecular weight excluding hydrogens is 260 g/mol. The summed E-state index contributed by atoms with van der Waals surface area (Å²) in [5.41, 5.74) is 1.34. The van der Waals surface area contributed by atoms with Crippen molar-refractivity contribution in [3.63, 3.8) is 0 Å². The second-order valence-corrected chi connectivity index (χ2v) is 5.10. The molecule has 6 heteroatoms. The molecule has 0 amide bonds. The van der Waals surface area contributed by atoms with E-state index in [2.05, 4.69) is 0 Å². The van der Waals surface area contributed by atoms with Crippen molar-refractivity contribution < 1.29 is 19.3 Å². The number of hydrogen-bond acceptors (Lipinski definition) is 4. The Morgan fingerprint density at radius 1 is 1.40 bits per heavy atom. The number of aromatic hydroxyl groups is 1. The Morgan fingerprint density at radius 3 is 2.90 bits per heavy atom. The van der Waals surface area contributed by atoms with E-state index >= 15 is 0 Å². The highest BCUT2D eigenvalue weighted by Crippen LogP contribution is 2.44. The molecule has 108 valence electrons. The molecule has 1 aliphatic carbocycles. The first-order chi connectivity index (χ1) is 9.67. The van der Waals surface area contributed by atoms with Gasteiger partial charge in [0, 0.05) is 6.54 Å². The highest BCUT2D eigenvalue weighted by atomic mass is 16.5. The Balaban J connectivity index is 2.20. The lowest BCUT2D eigenvalue weighted by molar-refractivity contribution is -0.406. The summed E-state index contributed by atoms with van der Waals surface area (Å²) < 4.78 is 13.2. The first-order valence-electron chi connectivity index (χ1n) is 6.72. The second kappa shape index (κ2) is 4.77. The molecule has 0 spiro atoms. The molecule has 1 atom stereocenters. The number of allylic oxidation sites excluding steroid dienone is 2. The highest BCUT2D eigenvalue weighted by molar-refractivity contribution is 5.82. The van der Waals surface area contributed by atoms with Crippen LogP contribution in [0.2, 0.25) is 0 Å². The van der Waals surface area contributed by atoms with E-state index in [9.17, 15) is 10.3 Å². The molecular formula is C14H18N2O4. The predicted octanol–water partition coefficient (Wildman–Crippen LogP) is 1.84. The van der Waals surface area contributed by atoms with Crippen molar-refractivity contribution in [1.29, 1.82) is 0 Å². The van der Waals surface area contributed by atoms with E-state index in [0.29, 0.717) is 18.1 Å². The highest BCUT2D eigenvalue weighted by Gasteiger charge is 2.34. The van der Waals surface area contributed by atoms with Crippen LogP contribution in [0.4, 0.5) is 0 Å². The number of aromatic nitrogens is 1. The van der Waals surface area contributed by atoms with E-state index in [4.69, 9.17) is 9.47 Å². The van der Waals surface area contributed by atoms with Crippen molar-refractivity contribution in [3.05, 3.63) is 22.7 Å². The molecule has 1 unspecified atom stereocenters. The number of fused-ring (bicyclic) bond motifs is 2. The molecule has 1 aromatic heterocycles. The van der Waals surface area contributed by atoms with Crippen LogP contribution in [0.15, 0.2) is 11.8 Å². The third-order valence-electron chi connectivity index (χ3n) is 4.01. The zero-order chi connectivity index (χ0) is 14.3. The standard InChI is InChI=1S/C14H18N2O4/c1-19-13-11-8-16(18)10-6-4-3-5-9(10)7-15(11)14(20-2)12(13)17/h6,8-9,17H,3-5,7H2,1-2H3. The number of ether oxygens (including phenoxy) is 2. The molecule has 20 heavy (non-hydrogen) atoms. The molecule has 0 radical (unpaired) electrons. The van der Waals surface area contributed by atoms with Crippen LogP contribution in [0.25, 0.3) is 0 Å². The van der Waals surface area contributed by atoms with Crippen LogP contribution in [0, 0.1) is 11.1 Å². The van der Waals surface area contributed by atoms with Crippen LogP contribution in [0.1, 0.15) is 25.0 Å². The van der Waals surface area contributed by atoms with Gasteiger partial charge >= 0.3 is 0 Å². The number of methoxy groups -OCH3 is 2. The molecule has 0 saturated carbocycles. The number of hydrogen-bond donors (Lipinski definition) is 1. The minimum Gasteiger partial charge on any atom is -0.618 e. The van der Waals surface area contributed by atoms with Crippen molar-refractivity contribution in [3.8, 4) is 17.4 Å². The lowest BCUT2D eigenvalue weighted by Gasteiger charge is -2.20. The maximum atomic E-state index is 12.3. The maximum absolute atomic E-state index is 12.3. The van der Waals surface area contributed by atoms with Gasteiger partial charge in [-0.25, -0.2) is 0 Å². The molecule has 0 aromatic carbocycles. The van der Waals surface area contributed by atoms with Crippen LogP contribution in [0.3, 0.4) is 0 Å². The van der Waals surface area contributed by atoms with Gasteiger partial charge in [0.25, 0.3) is 0 Å². The monoisotopic (exact) mass is 278 g/mol. The normalized spacial score (nSPS) is 21.2. The van der Waals surface area contributed by atoms with Crippen molar-refractivity contribution in [2.75, 3.05) is 14.2 Å². The molecule has 1 aromatic rings. The summed E-state index contributed by atoms with van der Waals surface area (Å²) in [4.78, 5) is 0. The first kappa shape index (κ1) is 12.9. The molecule has 0 saturated heterocycles. The van der Waals surface area contributed by atoms with Crippen LogP contribution >= 0.6 is 0 Å². The topological polar surface area (TPSA) is 69.7 Å². The second-order valence-electron chi connectivity index (χ2n) is 5.10. The quantitative estimate of drug-likeness (QED) is 0.662. The minimum absolute atomic E-state index is 0.0575. The number of rotatable bonds is 2. The lowest BCUT2D eigenvalue weighted by Crippen LogP contribution is -2.19. The van der Waals surface area contributed by atoms with Gasteiger partial charge in [-0.15, -0.1) is 0 Å². The van der Waals surface area contributed by atoms with Gasteiger partial charge in [-0.3, -0.25) is 0 Å². The van der Waals surface area contributed by atoms with Crippen LogP contribution < -0.4 is 9.47 Å². The van der Waals surface area contributed by atoms with Crippen molar-refractivity contribution >= 4 is 6.21 Å². The van der Waals surface area contributed by atoms with E-state index in [1.165, 1.54) is 20.4 Å². The van der Waals surface area contributed by atoms with Crippen molar-refractivity contribution in [1.82, 2.24) is 4.57 Å². The van der Waals surface area contributed by atoms with Crippen LogP contribution in [-0.2, 0) is 6.54 Å². The smallest absolute Gasteiger partial charge is 0.241 e. The van der Waals surface area contributed by atoms with Crippen LogP contribution in [-0.4, -0.2) is 34.8 Å². The summed E-state index contributed by atoms with van der Waals surface area (Å²) in [6, 6.07) is 0. The summed E-state index contributed by atoms with van der Waals surface area (Å²) in [7, 11) is 2.97. The predicted molar refractivity (Wildman–Crippen MR) is 73.4 cm³/mol. The SMILES string of the molecule is COc1c(O)c(OC)n2c1C=[N+]([O-])C1=CCCCC1C2. The largest absolute Gasteiger partial charge is 0.618 e. The Morgan fingerprint density at radius 2 is 2.20 bits per heavy atom. The molecule has 2 aliphatic rings. The molecule has 0 fully saturated rings. The van der Waals surface area contributed by atoms with E-state index in [1.807, 2.05) is 10.6 Å². The van der Waals surface area contributed by atoms with E-state index in [0.717, 1.165) is 29.7 Å².